The summed E-state index contributed by atoms with van der Waals surface area (Å²) in [6.07, 6.45) is 0. The van der Waals surface area contributed by atoms with E-state index in [2.05, 4.69) is 31.9 Å². The summed E-state index contributed by atoms with van der Waals surface area (Å²) >= 11 is 6.50. The van der Waals surface area contributed by atoms with Crippen LogP contribution < -0.4 is 0 Å². The molecule has 104 valence electrons. The number of sulfone groups is 1. The van der Waals surface area contributed by atoms with Gasteiger partial charge in [0.2, 0.25) is 0 Å². The van der Waals surface area contributed by atoms with E-state index in [1.807, 2.05) is 0 Å². The second-order valence-corrected chi connectivity index (χ2v) is 7.97. The summed E-state index contributed by atoms with van der Waals surface area (Å²) in [5.41, 5.74) is 0.375. The lowest BCUT2D eigenvalue weighted by Crippen LogP contribution is -2.16. The molecule has 20 heavy (non-hydrogen) atoms. The third-order valence-corrected chi connectivity index (χ3v) is 5.30. The lowest BCUT2D eigenvalue weighted by Gasteiger charge is -2.05. The Balaban J connectivity index is 2.24. The van der Waals surface area contributed by atoms with Crippen LogP contribution in [0, 0.1) is 0 Å². The van der Waals surface area contributed by atoms with E-state index in [9.17, 15) is 13.2 Å². The van der Waals surface area contributed by atoms with Gasteiger partial charge in [-0.1, -0.05) is 44.0 Å². The summed E-state index contributed by atoms with van der Waals surface area (Å²) in [7, 11) is -3.62. The van der Waals surface area contributed by atoms with Gasteiger partial charge in [-0.05, 0) is 36.4 Å². The van der Waals surface area contributed by atoms with Crippen molar-refractivity contribution in [2.75, 3.05) is 5.75 Å². The molecule has 2 aromatic rings. The van der Waals surface area contributed by atoms with Crippen LogP contribution in [0.5, 0.6) is 0 Å². The Kier molecular flexibility index (Phi) is 4.78. The van der Waals surface area contributed by atoms with Crippen LogP contribution in [0.4, 0.5) is 0 Å². The number of carbonyl (C=O) groups is 1. The minimum Gasteiger partial charge on any atom is -0.293 e. The molecule has 0 unspecified atom stereocenters. The van der Waals surface area contributed by atoms with Crippen molar-refractivity contribution < 1.29 is 13.2 Å². The number of benzene rings is 2. The molecule has 6 heteroatoms. The number of ketones is 1. The Morgan fingerprint density at radius 2 is 1.60 bits per heavy atom. The quantitative estimate of drug-likeness (QED) is 0.709. The normalized spacial score (nSPS) is 11.3. The van der Waals surface area contributed by atoms with E-state index in [0.717, 1.165) is 8.95 Å². The molecule has 3 nitrogen and oxygen atoms in total. The molecule has 0 radical (unpaired) electrons. The maximum absolute atomic E-state index is 12.2. The van der Waals surface area contributed by atoms with Crippen LogP contribution in [-0.4, -0.2) is 20.0 Å². The second-order valence-electron chi connectivity index (χ2n) is 4.15. The summed E-state index contributed by atoms with van der Waals surface area (Å²) in [6.45, 7) is 0. The number of Topliss-reactive ketones (excluding diaryl/α,β-unsaturated/α-hetero) is 1. The van der Waals surface area contributed by atoms with Crippen LogP contribution in [0.2, 0.25) is 0 Å². The third kappa shape index (κ3) is 3.77. The number of halogens is 2. The van der Waals surface area contributed by atoms with Crippen molar-refractivity contribution in [2.45, 2.75) is 4.90 Å². The second kappa shape index (κ2) is 6.20. The van der Waals surface area contributed by atoms with E-state index in [4.69, 9.17) is 0 Å². The van der Waals surface area contributed by atoms with Gasteiger partial charge in [0, 0.05) is 14.5 Å². The monoisotopic (exact) mass is 416 g/mol. The Hall–Kier alpha value is -0.980. The van der Waals surface area contributed by atoms with E-state index in [-0.39, 0.29) is 4.90 Å². The van der Waals surface area contributed by atoms with E-state index in [1.54, 1.807) is 36.4 Å². The maximum atomic E-state index is 12.2. The predicted octanol–water partition coefficient (Wildman–Crippen LogP) is 3.87. The van der Waals surface area contributed by atoms with Crippen LogP contribution in [0.3, 0.4) is 0 Å². The van der Waals surface area contributed by atoms with Crippen molar-refractivity contribution in [3.8, 4) is 0 Å². The van der Waals surface area contributed by atoms with Gasteiger partial charge in [0.05, 0.1) is 4.90 Å². The zero-order valence-electron chi connectivity index (χ0n) is 10.2. The molecule has 0 aromatic heterocycles. The standard InChI is InChI=1S/C14H10Br2O3S/c15-11-4-6-13(7-5-11)20(18,19)9-14(17)10-2-1-3-12(16)8-10/h1-8H,9H2. The van der Waals surface area contributed by atoms with Gasteiger partial charge in [-0.15, -0.1) is 0 Å². The van der Waals surface area contributed by atoms with E-state index < -0.39 is 21.4 Å². The van der Waals surface area contributed by atoms with Gasteiger partial charge in [-0.2, -0.15) is 0 Å². The highest BCUT2D eigenvalue weighted by Crippen LogP contribution is 2.18. The molecule has 0 aliphatic heterocycles. The highest BCUT2D eigenvalue weighted by atomic mass is 79.9. The van der Waals surface area contributed by atoms with E-state index in [1.165, 1.54) is 12.1 Å². The predicted molar refractivity (Wildman–Crippen MR) is 84.7 cm³/mol. The molecule has 0 aliphatic carbocycles. The van der Waals surface area contributed by atoms with Crippen molar-refractivity contribution in [1.82, 2.24) is 0 Å². The number of hydrogen-bond donors (Lipinski definition) is 0. The third-order valence-electron chi connectivity index (χ3n) is 2.64. The first-order valence-electron chi connectivity index (χ1n) is 5.65. The van der Waals surface area contributed by atoms with Crippen molar-refractivity contribution in [3.05, 3.63) is 63.0 Å². The summed E-state index contributed by atoms with van der Waals surface area (Å²) in [5.74, 6) is -0.959. The van der Waals surface area contributed by atoms with Crippen molar-refractivity contribution in [3.63, 3.8) is 0 Å². The molecule has 0 N–H and O–H groups in total. The van der Waals surface area contributed by atoms with Crippen molar-refractivity contribution in [2.24, 2.45) is 0 Å². The minimum atomic E-state index is -3.62. The van der Waals surface area contributed by atoms with Crippen molar-refractivity contribution in [1.29, 1.82) is 0 Å². The van der Waals surface area contributed by atoms with Gasteiger partial charge in [0.1, 0.15) is 5.75 Å². The molecule has 0 amide bonds. The number of hydrogen-bond acceptors (Lipinski definition) is 3. The van der Waals surface area contributed by atoms with Gasteiger partial charge in [0.25, 0.3) is 0 Å². The molecule has 0 heterocycles. The SMILES string of the molecule is O=C(CS(=O)(=O)c1ccc(Br)cc1)c1cccc(Br)c1. The van der Waals surface area contributed by atoms with Crippen LogP contribution in [0.25, 0.3) is 0 Å². The van der Waals surface area contributed by atoms with Gasteiger partial charge in [-0.3, -0.25) is 4.79 Å². The first-order valence-corrected chi connectivity index (χ1v) is 8.89. The summed E-state index contributed by atoms with van der Waals surface area (Å²) in [5, 5.41) is 0. The van der Waals surface area contributed by atoms with Gasteiger partial charge in [0.15, 0.2) is 15.6 Å². The zero-order valence-corrected chi connectivity index (χ0v) is 14.2. The summed E-state index contributed by atoms with van der Waals surface area (Å²) in [6, 6.07) is 12.9. The lowest BCUT2D eigenvalue weighted by atomic mass is 10.2. The molecule has 0 saturated heterocycles. The molecule has 0 spiro atoms. The van der Waals surface area contributed by atoms with Crippen LogP contribution in [0.1, 0.15) is 10.4 Å². The molecule has 2 aromatic carbocycles. The Labute approximate surface area is 134 Å². The Bertz CT molecular complexity index is 737. The highest BCUT2D eigenvalue weighted by molar-refractivity contribution is 9.10. The highest BCUT2D eigenvalue weighted by Gasteiger charge is 2.20. The number of rotatable bonds is 4. The lowest BCUT2D eigenvalue weighted by molar-refractivity contribution is 0.102. The molecule has 2 rings (SSSR count). The van der Waals surface area contributed by atoms with Crippen LogP contribution in [0.15, 0.2) is 62.4 Å². The fourth-order valence-corrected chi connectivity index (χ4v) is 3.54. The average Bonchev–Trinajstić information content (AvgIpc) is 2.38. The van der Waals surface area contributed by atoms with Crippen LogP contribution >= 0.6 is 31.9 Å². The largest absolute Gasteiger partial charge is 0.293 e. The molecular weight excluding hydrogens is 408 g/mol. The van der Waals surface area contributed by atoms with Crippen LogP contribution in [-0.2, 0) is 9.84 Å². The fraction of sp³-hybridized carbons (Fsp3) is 0.0714. The number of carbonyl (C=O) groups excluding carboxylic acids is 1. The fourth-order valence-electron chi connectivity index (χ4n) is 1.64. The first-order chi connectivity index (χ1) is 9.38. The molecule has 0 saturated carbocycles. The smallest absolute Gasteiger partial charge is 0.185 e. The van der Waals surface area contributed by atoms with Gasteiger partial charge >= 0.3 is 0 Å². The zero-order chi connectivity index (χ0) is 14.8. The molecular formula is C14H10Br2O3S. The Morgan fingerprint density at radius 3 is 2.20 bits per heavy atom. The minimum absolute atomic E-state index is 0.143. The average molecular weight is 418 g/mol. The van der Waals surface area contributed by atoms with Gasteiger partial charge in [-0.25, -0.2) is 8.42 Å². The molecule has 0 bridgehead atoms. The summed E-state index contributed by atoms with van der Waals surface area (Å²) in [4.78, 5) is 12.2. The Morgan fingerprint density at radius 1 is 0.950 bits per heavy atom. The topological polar surface area (TPSA) is 51.2 Å². The molecule has 0 aliphatic rings. The summed E-state index contributed by atoms with van der Waals surface area (Å²) < 4.78 is 25.9. The molecule has 0 atom stereocenters. The van der Waals surface area contributed by atoms with Gasteiger partial charge < -0.3 is 0 Å². The maximum Gasteiger partial charge on any atom is 0.185 e. The first kappa shape index (κ1) is 15.4. The van der Waals surface area contributed by atoms with Crippen molar-refractivity contribution >= 4 is 47.5 Å². The molecule has 0 fully saturated rings. The van der Waals surface area contributed by atoms with E-state index in [0.29, 0.717) is 5.56 Å². The van der Waals surface area contributed by atoms with E-state index >= 15 is 0 Å².